The van der Waals surface area contributed by atoms with Crippen LogP contribution in [0.5, 0.6) is 0 Å². The van der Waals surface area contributed by atoms with Crippen LogP contribution >= 0.6 is 0 Å². The zero-order chi connectivity index (χ0) is 12.8. The van der Waals surface area contributed by atoms with Crippen LogP contribution in [0.25, 0.3) is 0 Å². The Morgan fingerprint density at radius 3 is 2.33 bits per heavy atom. The molecule has 2 rings (SSSR count). The molecular weight excluding hydrogens is 220 g/mol. The fourth-order valence-corrected chi connectivity index (χ4v) is 2.72. The van der Waals surface area contributed by atoms with Crippen LogP contribution in [0.3, 0.4) is 0 Å². The highest BCUT2D eigenvalue weighted by Gasteiger charge is 2.12. The molecule has 1 fully saturated rings. The van der Waals surface area contributed by atoms with Gasteiger partial charge in [0.1, 0.15) is 0 Å². The van der Waals surface area contributed by atoms with Gasteiger partial charge in [-0.15, -0.1) is 0 Å². The Bertz CT molecular complexity index is 337. The topological polar surface area (TPSA) is 15.3 Å². The molecule has 0 saturated heterocycles. The van der Waals surface area contributed by atoms with Crippen molar-refractivity contribution in [3.63, 3.8) is 0 Å². The number of rotatable bonds is 5. The molecule has 0 heterocycles. The fourth-order valence-electron chi connectivity index (χ4n) is 2.72. The second-order valence-corrected chi connectivity index (χ2v) is 5.70. The largest absolute Gasteiger partial charge is 0.378 e. The summed E-state index contributed by atoms with van der Waals surface area (Å²) in [6, 6.07) is 8.83. The lowest BCUT2D eigenvalue weighted by atomic mass is 9.89. The molecular formula is C16H26N2. The Morgan fingerprint density at radius 2 is 1.72 bits per heavy atom. The normalized spacial score (nSPS) is 16.8. The summed E-state index contributed by atoms with van der Waals surface area (Å²) in [6.45, 7) is 2.19. The van der Waals surface area contributed by atoms with Gasteiger partial charge in [0.05, 0.1) is 0 Å². The van der Waals surface area contributed by atoms with Gasteiger partial charge < -0.3 is 10.2 Å². The van der Waals surface area contributed by atoms with Gasteiger partial charge in [-0.3, -0.25) is 0 Å². The molecule has 1 saturated carbocycles. The number of benzene rings is 1. The van der Waals surface area contributed by atoms with Crippen LogP contribution in [0.15, 0.2) is 24.3 Å². The minimum absolute atomic E-state index is 0.916. The Morgan fingerprint density at radius 1 is 1.06 bits per heavy atom. The van der Waals surface area contributed by atoms with E-state index in [4.69, 9.17) is 0 Å². The van der Waals surface area contributed by atoms with E-state index in [1.165, 1.54) is 49.9 Å². The monoisotopic (exact) mass is 246 g/mol. The van der Waals surface area contributed by atoms with E-state index in [2.05, 4.69) is 48.6 Å². The number of hydrogen-bond acceptors (Lipinski definition) is 2. The van der Waals surface area contributed by atoms with Crippen molar-refractivity contribution in [1.82, 2.24) is 5.32 Å². The van der Waals surface area contributed by atoms with Gasteiger partial charge in [0, 0.05) is 26.3 Å². The Hall–Kier alpha value is -1.02. The third-order valence-electron chi connectivity index (χ3n) is 3.94. The van der Waals surface area contributed by atoms with Crippen molar-refractivity contribution < 1.29 is 0 Å². The molecule has 2 heteroatoms. The van der Waals surface area contributed by atoms with Crippen molar-refractivity contribution in [2.45, 2.75) is 38.6 Å². The molecule has 0 spiro atoms. The van der Waals surface area contributed by atoms with E-state index >= 15 is 0 Å². The second-order valence-electron chi connectivity index (χ2n) is 5.70. The maximum atomic E-state index is 3.61. The summed E-state index contributed by atoms with van der Waals surface area (Å²) < 4.78 is 0. The lowest BCUT2D eigenvalue weighted by Crippen LogP contribution is -2.24. The van der Waals surface area contributed by atoms with E-state index in [1.807, 2.05) is 0 Å². The summed E-state index contributed by atoms with van der Waals surface area (Å²) in [6.07, 6.45) is 7.16. The quantitative estimate of drug-likeness (QED) is 0.856. The molecule has 1 N–H and O–H groups in total. The van der Waals surface area contributed by atoms with E-state index in [1.54, 1.807) is 0 Å². The van der Waals surface area contributed by atoms with Gasteiger partial charge in [0.15, 0.2) is 0 Å². The van der Waals surface area contributed by atoms with Gasteiger partial charge in [-0.05, 0) is 43.0 Å². The predicted molar refractivity (Wildman–Crippen MR) is 79.1 cm³/mol. The van der Waals surface area contributed by atoms with Gasteiger partial charge in [0.2, 0.25) is 0 Å². The molecule has 0 bridgehead atoms. The van der Waals surface area contributed by atoms with Crippen LogP contribution in [0.2, 0.25) is 0 Å². The highest BCUT2D eigenvalue weighted by Crippen LogP contribution is 2.22. The first-order valence-electron chi connectivity index (χ1n) is 7.22. The summed E-state index contributed by atoms with van der Waals surface area (Å²) in [5, 5.41) is 3.61. The summed E-state index contributed by atoms with van der Waals surface area (Å²) in [4.78, 5) is 2.14. The average Bonchev–Trinajstić information content (AvgIpc) is 2.40. The standard InChI is InChI=1S/C16H26N2/c1-18(2)16-10-8-15(9-11-16)13-17-12-14-6-4-3-5-7-14/h8-11,14,17H,3-7,12-13H2,1-2H3. The highest BCUT2D eigenvalue weighted by molar-refractivity contribution is 5.45. The Kier molecular flexibility index (Phi) is 5.06. The van der Waals surface area contributed by atoms with Crippen molar-refractivity contribution >= 4 is 5.69 Å². The number of anilines is 1. The third kappa shape index (κ3) is 4.02. The van der Waals surface area contributed by atoms with Crippen molar-refractivity contribution in [1.29, 1.82) is 0 Å². The first kappa shape index (κ1) is 13.4. The molecule has 0 aromatic heterocycles. The average molecular weight is 246 g/mol. The Labute approximate surface area is 111 Å². The third-order valence-corrected chi connectivity index (χ3v) is 3.94. The molecule has 18 heavy (non-hydrogen) atoms. The van der Waals surface area contributed by atoms with E-state index in [-0.39, 0.29) is 0 Å². The van der Waals surface area contributed by atoms with Gasteiger partial charge >= 0.3 is 0 Å². The molecule has 1 aliphatic rings. The maximum absolute atomic E-state index is 3.61. The van der Waals surface area contributed by atoms with Crippen LogP contribution in [-0.2, 0) is 6.54 Å². The predicted octanol–water partition coefficient (Wildman–Crippen LogP) is 3.42. The van der Waals surface area contributed by atoms with E-state index in [9.17, 15) is 0 Å². The molecule has 0 radical (unpaired) electrons. The first-order chi connectivity index (χ1) is 8.75. The maximum Gasteiger partial charge on any atom is 0.0361 e. The lowest BCUT2D eigenvalue weighted by Gasteiger charge is -2.21. The molecule has 2 nitrogen and oxygen atoms in total. The molecule has 1 aliphatic carbocycles. The Balaban J connectivity index is 1.72. The minimum Gasteiger partial charge on any atom is -0.378 e. The zero-order valence-electron chi connectivity index (χ0n) is 11.8. The van der Waals surface area contributed by atoms with E-state index < -0.39 is 0 Å². The van der Waals surface area contributed by atoms with Gasteiger partial charge in [-0.1, -0.05) is 31.4 Å². The minimum atomic E-state index is 0.916. The molecule has 1 aromatic carbocycles. The van der Waals surface area contributed by atoms with Crippen molar-refractivity contribution in [3.8, 4) is 0 Å². The summed E-state index contributed by atoms with van der Waals surface area (Å²) in [5.74, 6) is 0.916. The van der Waals surface area contributed by atoms with Gasteiger partial charge in [-0.25, -0.2) is 0 Å². The van der Waals surface area contributed by atoms with E-state index in [0.29, 0.717) is 0 Å². The highest BCUT2D eigenvalue weighted by atomic mass is 15.1. The number of nitrogens with zero attached hydrogens (tertiary/aromatic N) is 1. The molecule has 1 aromatic rings. The number of nitrogens with one attached hydrogen (secondary N) is 1. The fraction of sp³-hybridized carbons (Fsp3) is 0.625. The second kappa shape index (κ2) is 6.79. The van der Waals surface area contributed by atoms with Crippen molar-refractivity contribution in [2.75, 3.05) is 25.5 Å². The summed E-state index contributed by atoms with van der Waals surface area (Å²) >= 11 is 0. The van der Waals surface area contributed by atoms with Crippen LogP contribution in [0.4, 0.5) is 5.69 Å². The molecule has 0 aliphatic heterocycles. The molecule has 100 valence electrons. The van der Waals surface area contributed by atoms with Crippen molar-refractivity contribution in [3.05, 3.63) is 29.8 Å². The zero-order valence-corrected chi connectivity index (χ0v) is 11.8. The smallest absolute Gasteiger partial charge is 0.0361 e. The SMILES string of the molecule is CN(C)c1ccc(CNCC2CCCCC2)cc1. The van der Waals surface area contributed by atoms with Crippen LogP contribution in [0, 0.1) is 5.92 Å². The molecule has 0 atom stereocenters. The van der Waals surface area contributed by atoms with Crippen LogP contribution in [-0.4, -0.2) is 20.6 Å². The van der Waals surface area contributed by atoms with Crippen LogP contribution in [0.1, 0.15) is 37.7 Å². The van der Waals surface area contributed by atoms with Crippen molar-refractivity contribution in [2.24, 2.45) is 5.92 Å². The van der Waals surface area contributed by atoms with Gasteiger partial charge in [-0.2, -0.15) is 0 Å². The number of hydrogen-bond donors (Lipinski definition) is 1. The van der Waals surface area contributed by atoms with Gasteiger partial charge in [0.25, 0.3) is 0 Å². The lowest BCUT2D eigenvalue weighted by molar-refractivity contribution is 0.342. The summed E-state index contributed by atoms with van der Waals surface area (Å²) in [7, 11) is 4.16. The summed E-state index contributed by atoms with van der Waals surface area (Å²) in [5.41, 5.74) is 2.66. The molecule has 0 amide bonds. The van der Waals surface area contributed by atoms with E-state index in [0.717, 1.165) is 12.5 Å². The first-order valence-corrected chi connectivity index (χ1v) is 7.22. The molecule has 0 unspecified atom stereocenters. The van der Waals surface area contributed by atoms with Crippen LogP contribution < -0.4 is 10.2 Å².